The summed E-state index contributed by atoms with van der Waals surface area (Å²) in [5.74, 6) is 1.07. The molecule has 0 spiro atoms. The third kappa shape index (κ3) is 2.82. The molecule has 4 heteroatoms. The van der Waals surface area contributed by atoms with Crippen molar-refractivity contribution in [3.8, 4) is 10.7 Å². The average molecular weight is 263 g/mol. The van der Waals surface area contributed by atoms with Crippen LogP contribution in [0.5, 0.6) is 0 Å². The second-order valence-corrected chi connectivity index (χ2v) is 5.57. The fraction of sp³-hybridized carbons (Fsp3) is 0.500. The van der Waals surface area contributed by atoms with Gasteiger partial charge in [-0.2, -0.15) is 0 Å². The second-order valence-electron chi connectivity index (χ2n) is 4.62. The minimum atomic E-state index is 0.399. The molecule has 98 valence electrons. The van der Waals surface area contributed by atoms with Crippen LogP contribution in [0, 0.1) is 0 Å². The van der Waals surface area contributed by atoms with Crippen molar-refractivity contribution in [3.05, 3.63) is 29.9 Å². The van der Waals surface area contributed by atoms with Crippen LogP contribution >= 0.6 is 11.3 Å². The van der Waals surface area contributed by atoms with Crippen LogP contribution < -0.4 is 5.32 Å². The predicted octanol–water partition coefficient (Wildman–Crippen LogP) is 3.56. The van der Waals surface area contributed by atoms with Crippen LogP contribution in [0.4, 0.5) is 0 Å². The third-order valence-corrected chi connectivity index (χ3v) is 4.15. The number of imidazole rings is 1. The lowest BCUT2D eigenvalue weighted by molar-refractivity contribution is 0.395. The third-order valence-electron chi connectivity index (χ3n) is 3.29. The Kier molecular flexibility index (Phi) is 4.55. The molecule has 0 saturated carbocycles. The first-order valence-corrected chi connectivity index (χ1v) is 7.42. The van der Waals surface area contributed by atoms with E-state index >= 15 is 0 Å². The number of nitrogens with zero attached hydrogens (tertiary/aromatic N) is 2. The molecule has 2 aromatic rings. The Bertz CT molecular complexity index is 461. The molecule has 0 bridgehead atoms. The first-order valence-electron chi connectivity index (χ1n) is 6.54. The summed E-state index contributed by atoms with van der Waals surface area (Å²) in [7, 11) is 0. The van der Waals surface area contributed by atoms with Gasteiger partial charge < -0.3 is 9.88 Å². The van der Waals surface area contributed by atoms with E-state index in [1.807, 2.05) is 6.20 Å². The zero-order valence-electron chi connectivity index (χ0n) is 11.3. The van der Waals surface area contributed by atoms with Crippen LogP contribution in [-0.4, -0.2) is 22.1 Å². The lowest BCUT2D eigenvalue weighted by Gasteiger charge is -2.24. The molecule has 0 radical (unpaired) electrons. The van der Waals surface area contributed by atoms with Crippen molar-refractivity contribution in [3.63, 3.8) is 0 Å². The zero-order chi connectivity index (χ0) is 13.0. The molecule has 2 rings (SSSR count). The maximum atomic E-state index is 4.49. The molecule has 0 saturated heterocycles. The summed E-state index contributed by atoms with van der Waals surface area (Å²) in [6.45, 7) is 7.73. The highest BCUT2D eigenvalue weighted by atomic mass is 32.1. The average Bonchev–Trinajstić information content (AvgIpc) is 3.03. The topological polar surface area (TPSA) is 29.9 Å². The molecular formula is C14H21N3S. The van der Waals surface area contributed by atoms with Crippen molar-refractivity contribution in [2.45, 2.75) is 39.3 Å². The van der Waals surface area contributed by atoms with Crippen molar-refractivity contribution in [2.75, 3.05) is 6.54 Å². The number of hydrogen-bond donors (Lipinski definition) is 1. The quantitative estimate of drug-likeness (QED) is 0.863. The molecule has 0 fully saturated rings. The van der Waals surface area contributed by atoms with E-state index in [1.165, 1.54) is 11.3 Å². The van der Waals surface area contributed by atoms with E-state index in [9.17, 15) is 0 Å². The fourth-order valence-electron chi connectivity index (χ4n) is 2.02. The van der Waals surface area contributed by atoms with Crippen LogP contribution in [0.15, 0.2) is 29.9 Å². The standard InChI is InChI=1S/C14H21N3S/c1-4-7-15-11(2)12(3)17-9-8-16-14(17)13-6-5-10-18-13/h5-6,8-12,15H,4,7H2,1-3H3. The Balaban J connectivity index is 2.16. The van der Waals surface area contributed by atoms with E-state index < -0.39 is 0 Å². The Morgan fingerprint density at radius 1 is 1.44 bits per heavy atom. The summed E-state index contributed by atoms with van der Waals surface area (Å²) in [6.07, 6.45) is 5.13. The van der Waals surface area contributed by atoms with Gasteiger partial charge in [0.25, 0.3) is 0 Å². The summed E-state index contributed by atoms with van der Waals surface area (Å²) in [4.78, 5) is 5.72. The van der Waals surface area contributed by atoms with Gasteiger partial charge in [0.15, 0.2) is 0 Å². The van der Waals surface area contributed by atoms with Crippen LogP contribution in [0.1, 0.15) is 33.2 Å². The Hall–Kier alpha value is -1.13. The smallest absolute Gasteiger partial charge is 0.150 e. The van der Waals surface area contributed by atoms with Gasteiger partial charge in [0.1, 0.15) is 5.82 Å². The molecule has 0 aliphatic carbocycles. The molecule has 3 nitrogen and oxygen atoms in total. The summed E-state index contributed by atoms with van der Waals surface area (Å²) in [5, 5.41) is 5.64. The maximum Gasteiger partial charge on any atom is 0.150 e. The molecule has 2 aromatic heterocycles. The summed E-state index contributed by atoms with van der Waals surface area (Å²) < 4.78 is 2.26. The summed E-state index contributed by atoms with van der Waals surface area (Å²) >= 11 is 1.74. The summed E-state index contributed by atoms with van der Waals surface area (Å²) in [5.41, 5.74) is 0. The monoisotopic (exact) mass is 263 g/mol. The molecule has 0 amide bonds. The van der Waals surface area contributed by atoms with Gasteiger partial charge in [-0.3, -0.25) is 0 Å². The highest BCUT2D eigenvalue weighted by Crippen LogP contribution is 2.26. The van der Waals surface area contributed by atoms with Gasteiger partial charge in [0.2, 0.25) is 0 Å². The van der Waals surface area contributed by atoms with Crippen molar-refractivity contribution in [2.24, 2.45) is 0 Å². The van der Waals surface area contributed by atoms with Crippen molar-refractivity contribution >= 4 is 11.3 Å². The van der Waals surface area contributed by atoms with E-state index in [1.54, 1.807) is 11.3 Å². The first-order chi connectivity index (χ1) is 8.74. The molecular weight excluding hydrogens is 242 g/mol. The molecule has 2 heterocycles. The molecule has 2 unspecified atom stereocenters. The van der Waals surface area contributed by atoms with Gasteiger partial charge in [-0.05, 0) is 38.3 Å². The number of nitrogens with one attached hydrogen (secondary N) is 1. The number of rotatable bonds is 6. The van der Waals surface area contributed by atoms with E-state index in [-0.39, 0.29) is 0 Å². The highest BCUT2D eigenvalue weighted by molar-refractivity contribution is 7.13. The molecule has 0 aliphatic rings. The summed E-state index contributed by atoms with van der Waals surface area (Å²) in [6, 6.07) is 5.04. The van der Waals surface area contributed by atoms with Gasteiger partial charge in [-0.25, -0.2) is 4.98 Å². The van der Waals surface area contributed by atoms with Crippen LogP contribution in [0.3, 0.4) is 0 Å². The van der Waals surface area contributed by atoms with Gasteiger partial charge in [0.05, 0.1) is 4.88 Å². The molecule has 2 atom stereocenters. The zero-order valence-corrected chi connectivity index (χ0v) is 12.1. The fourth-order valence-corrected chi connectivity index (χ4v) is 2.75. The van der Waals surface area contributed by atoms with E-state index in [4.69, 9.17) is 0 Å². The number of hydrogen-bond acceptors (Lipinski definition) is 3. The Morgan fingerprint density at radius 3 is 2.94 bits per heavy atom. The van der Waals surface area contributed by atoms with Crippen LogP contribution in [-0.2, 0) is 0 Å². The van der Waals surface area contributed by atoms with Crippen LogP contribution in [0.25, 0.3) is 10.7 Å². The minimum Gasteiger partial charge on any atom is -0.326 e. The van der Waals surface area contributed by atoms with Crippen LogP contribution in [0.2, 0.25) is 0 Å². The predicted molar refractivity (Wildman–Crippen MR) is 78.0 cm³/mol. The van der Waals surface area contributed by atoms with Gasteiger partial charge >= 0.3 is 0 Å². The normalized spacial score (nSPS) is 14.6. The van der Waals surface area contributed by atoms with Gasteiger partial charge in [-0.15, -0.1) is 11.3 Å². The largest absolute Gasteiger partial charge is 0.326 e. The highest BCUT2D eigenvalue weighted by Gasteiger charge is 2.17. The van der Waals surface area contributed by atoms with Gasteiger partial charge in [0, 0.05) is 24.5 Å². The Labute approximate surface area is 113 Å². The van der Waals surface area contributed by atoms with Crippen molar-refractivity contribution in [1.29, 1.82) is 0 Å². The van der Waals surface area contributed by atoms with E-state index in [0.717, 1.165) is 12.4 Å². The van der Waals surface area contributed by atoms with E-state index in [2.05, 4.69) is 59.3 Å². The molecule has 18 heavy (non-hydrogen) atoms. The lowest BCUT2D eigenvalue weighted by Crippen LogP contribution is -2.34. The maximum absolute atomic E-state index is 4.49. The van der Waals surface area contributed by atoms with Gasteiger partial charge in [-0.1, -0.05) is 13.0 Å². The van der Waals surface area contributed by atoms with E-state index in [0.29, 0.717) is 12.1 Å². The molecule has 0 aromatic carbocycles. The Morgan fingerprint density at radius 2 is 2.28 bits per heavy atom. The molecule has 1 N–H and O–H groups in total. The minimum absolute atomic E-state index is 0.399. The SMILES string of the molecule is CCCNC(C)C(C)n1ccnc1-c1cccs1. The number of thiophene rings is 1. The second kappa shape index (κ2) is 6.16. The van der Waals surface area contributed by atoms with Crippen molar-refractivity contribution in [1.82, 2.24) is 14.9 Å². The molecule has 0 aliphatic heterocycles. The number of aromatic nitrogens is 2. The van der Waals surface area contributed by atoms with Crippen molar-refractivity contribution < 1.29 is 0 Å². The lowest BCUT2D eigenvalue weighted by atomic mass is 10.1. The first kappa shape index (κ1) is 13.3.